The SMILES string of the molecule is CCS[C@H]1O[C@H](CO)[C@@H](OCc2ccccc2)[C@H](OC(C)=O)[C@H]1N1C(=O)c2ccccc2C1=O. The second kappa shape index (κ2) is 10.7. The summed E-state index contributed by atoms with van der Waals surface area (Å²) in [5.74, 6) is -0.918. The lowest BCUT2D eigenvalue weighted by Gasteiger charge is -2.47. The van der Waals surface area contributed by atoms with Crippen LogP contribution in [-0.4, -0.2) is 69.9 Å². The van der Waals surface area contributed by atoms with Crippen molar-refractivity contribution >= 4 is 29.5 Å². The fourth-order valence-corrected chi connectivity index (χ4v) is 5.41. The summed E-state index contributed by atoms with van der Waals surface area (Å²) in [6, 6.07) is 15.0. The minimum Gasteiger partial charge on any atom is -0.457 e. The first-order valence-electron chi connectivity index (χ1n) is 11.1. The summed E-state index contributed by atoms with van der Waals surface area (Å²) in [5, 5.41) is 10.1. The molecule has 2 heterocycles. The molecular formula is C25H27NO7S. The Balaban J connectivity index is 1.72. The number of carbonyl (C=O) groups is 3. The normalized spacial score (nSPS) is 26.4. The molecular weight excluding hydrogens is 458 g/mol. The zero-order valence-corrected chi connectivity index (χ0v) is 19.8. The average molecular weight is 486 g/mol. The molecule has 0 aromatic heterocycles. The highest BCUT2D eigenvalue weighted by molar-refractivity contribution is 7.99. The number of thioether (sulfide) groups is 1. The smallest absolute Gasteiger partial charge is 0.303 e. The van der Waals surface area contributed by atoms with E-state index < -0.39 is 47.6 Å². The van der Waals surface area contributed by atoms with Crippen molar-refractivity contribution in [2.75, 3.05) is 12.4 Å². The lowest BCUT2D eigenvalue weighted by molar-refractivity contribution is -0.216. The molecule has 0 bridgehead atoms. The minimum absolute atomic E-state index is 0.170. The van der Waals surface area contributed by atoms with Gasteiger partial charge in [-0.3, -0.25) is 19.3 Å². The van der Waals surface area contributed by atoms with Crippen LogP contribution in [0.1, 0.15) is 40.1 Å². The van der Waals surface area contributed by atoms with Crippen LogP contribution in [0.4, 0.5) is 0 Å². The van der Waals surface area contributed by atoms with E-state index in [1.807, 2.05) is 37.3 Å². The number of esters is 1. The summed E-state index contributed by atoms with van der Waals surface area (Å²) >= 11 is 1.37. The number of fused-ring (bicyclic) bond motifs is 1. The number of amides is 2. The Morgan fingerprint density at radius 3 is 2.21 bits per heavy atom. The van der Waals surface area contributed by atoms with Gasteiger partial charge in [-0.2, -0.15) is 0 Å². The molecule has 2 amide bonds. The van der Waals surface area contributed by atoms with Crippen molar-refractivity contribution in [1.82, 2.24) is 4.90 Å². The molecule has 0 unspecified atom stereocenters. The van der Waals surface area contributed by atoms with Crippen molar-refractivity contribution in [2.24, 2.45) is 0 Å². The maximum atomic E-state index is 13.3. The molecule has 0 radical (unpaired) electrons. The third-order valence-corrected chi connectivity index (χ3v) is 6.89. The maximum absolute atomic E-state index is 13.3. The number of rotatable bonds is 8. The summed E-state index contributed by atoms with van der Waals surface area (Å²) in [5.41, 5.74) is 0.745. The Kier molecular flexibility index (Phi) is 7.67. The van der Waals surface area contributed by atoms with Gasteiger partial charge >= 0.3 is 5.97 Å². The van der Waals surface area contributed by atoms with Crippen LogP contribution in [0.15, 0.2) is 54.6 Å². The average Bonchev–Trinajstić information content (AvgIpc) is 3.09. The molecule has 180 valence electrons. The highest BCUT2D eigenvalue weighted by Gasteiger charge is 2.55. The molecule has 0 aliphatic carbocycles. The molecule has 1 N–H and O–H groups in total. The van der Waals surface area contributed by atoms with E-state index in [1.54, 1.807) is 24.3 Å². The maximum Gasteiger partial charge on any atom is 0.303 e. The number of aliphatic hydroxyl groups excluding tert-OH is 1. The zero-order chi connectivity index (χ0) is 24.2. The van der Waals surface area contributed by atoms with Gasteiger partial charge in [0.15, 0.2) is 6.10 Å². The largest absolute Gasteiger partial charge is 0.457 e. The van der Waals surface area contributed by atoms with Crippen LogP contribution < -0.4 is 0 Å². The van der Waals surface area contributed by atoms with Gasteiger partial charge in [-0.05, 0) is 23.4 Å². The molecule has 4 rings (SSSR count). The van der Waals surface area contributed by atoms with Crippen LogP contribution in [0.2, 0.25) is 0 Å². The van der Waals surface area contributed by atoms with Gasteiger partial charge < -0.3 is 19.3 Å². The van der Waals surface area contributed by atoms with Crippen LogP contribution in [-0.2, 0) is 25.6 Å². The van der Waals surface area contributed by atoms with E-state index in [9.17, 15) is 19.5 Å². The van der Waals surface area contributed by atoms with Crippen molar-refractivity contribution in [1.29, 1.82) is 0 Å². The Bertz CT molecular complexity index is 1010. The van der Waals surface area contributed by atoms with Crippen molar-refractivity contribution in [3.8, 4) is 0 Å². The predicted octanol–water partition coefficient (Wildman–Crippen LogP) is 2.64. The Labute approximate surface area is 202 Å². The second-order valence-electron chi connectivity index (χ2n) is 8.03. The van der Waals surface area contributed by atoms with E-state index in [0.29, 0.717) is 16.9 Å². The van der Waals surface area contributed by atoms with Crippen LogP contribution in [0.3, 0.4) is 0 Å². The van der Waals surface area contributed by atoms with E-state index in [1.165, 1.54) is 18.7 Å². The van der Waals surface area contributed by atoms with E-state index in [0.717, 1.165) is 10.5 Å². The molecule has 9 heteroatoms. The highest BCUT2D eigenvalue weighted by Crippen LogP contribution is 2.38. The van der Waals surface area contributed by atoms with Gasteiger partial charge in [-0.1, -0.05) is 49.4 Å². The molecule has 1 fully saturated rings. The fourth-order valence-electron chi connectivity index (χ4n) is 4.38. The Morgan fingerprint density at radius 1 is 1.03 bits per heavy atom. The quantitative estimate of drug-likeness (QED) is 0.450. The molecule has 0 saturated carbocycles. The predicted molar refractivity (Wildman–Crippen MR) is 125 cm³/mol. The van der Waals surface area contributed by atoms with Crippen molar-refractivity contribution in [3.63, 3.8) is 0 Å². The second-order valence-corrected chi connectivity index (χ2v) is 9.41. The van der Waals surface area contributed by atoms with Gasteiger partial charge in [0.25, 0.3) is 11.8 Å². The molecule has 2 aromatic rings. The molecule has 1 saturated heterocycles. The highest BCUT2D eigenvalue weighted by atomic mass is 32.2. The van der Waals surface area contributed by atoms with Crippen LogP contribution >= 0.6 is 11.8 Å². The molecule has 5 atom stereocenters. The van der Waals surface area contributed by atoms with E-state index >= 15 is 0 Å². The monoisotopic (exact) mass is 485 g/mol. The summed E-state index contributed by atoms with van der Waals surface area (Å²) in [6.45, 7) is 2.97. The molecule has 34 heavy (non-hydrogen) atoms. The Morgan fingerprint density at radius 2 is 1.65 bits per heavy atom. The third kappa shape index (κ3) is 4.74. The van der Waals surface area contributed by atoms with Crippen LogP contribution in [0.25, 0.3) is 0 Å². The number of carbonyl (C=O) groups excluding carboxylic acids is 3. The Hall–Kier alpha value is -2.72. The number of hydrogen-bond acceptors (Lipinski definition) is 8. The summed E-state index contributed by atoms with van der Waals surface area (Å²) < 4.78 is 18.0. The lowest BCUT2D eigenvalue weighted by Crippen LogP contribution is -2.66. The van der Waals surface area contributed by atoms with Gasteiger partial charge in [-0.15, -0.1) is 11.8 Å². The number of hydrogen-bond donors (Lipinski definition) is 1. The summed E-state index contributed by atoms with van der Waals surface area (Å²) in [6.07, 6.45) is -2.75. The van der Waals surface area contributed by atoms with Gasteiger partial charge in [0.05, 0.1) is 24.3 Å². The first-order valence-corrected chi connectivity index (χ1v) is 12.2. The molecule has 2 aliphatic rings. The van der Waals surface area contributed by atoms with Crippen LogP contribution in [0.5, 0.6) is 0 Å². The third-order valence-electron chi connectivity index (χ3n) is 5.84. The number of benzene rings is 2. The number of imide groups is 1. The number of ether oxygens (including phenoxy) is 3. The summed E-state index contributed by atoms with van der Waals surface area (Å²) in [4.78, 5) is 39.9. The van der Waals surface area contributed by atoms with Gasteiger partial charge in [-0.25, -0.2) is 0 Å². The summed E-state index contributed by atoms with van der Waals surface area (Å²) in [7, 11) is 0. The van der Waals surface area contributed by atoms with Crippen LogP contribution in [0, 0.1) is 0 Å². The number of aliphatic hydroxyl groups is 1. The molecule has 8 nitrogen and oxygen atoms in total. The molecule has 0 spiro atoms. The first kappa shape index (κ1) is 24.4. The molecule has 2 aliphatic heterocycles. The minimum atomic E-state index is -1.03. The fraction of sp³-hybridized carbons (Fsp3) is 0.400. The number of nitrogens with zero attached hydrogens (tertiary/aromatic N) is 1. The first-order chi connectivity index (χ1) is 16.5. The van der Waals surface area contributed by atoms with Crippen molar-refractivity contribution < 1.29 is 33.7 Å². The van der Waals surface area contributed by atoms with Gasteiger partial charge in [0.1, 0.15) is 23.7 Å². The lowest BCUT2D eigenvalue weighted by atomic mass is 9.96. The topological polar surface area (TPSA) is 102 Å². The van der Waals surface area contributed by atoms with Crippen molar-refractivity contribution in [3.05, 3.63) is 71.3 Å². The van der Waals surface area contributed by atoms with Gasteiger partial charge in [0, 0.05) is 6.92 Å². The van der Waals surface area contributed by atoms with Gasteiger partial charge in [0.2, 0.25) is 0 Å². The van der Waals surface area contributed by atoms with Crippen molar-refractivity contribution in [2.45, 2.75) is 50.2 Å². The molecule has 2 aromatic carbocycles. The standard InChI is InChI=1S/C25H27NO7S/c1-3-34-25-20(26-23(29)17-11-7-8-12-18(17)24(26)30)22(32-15(2)28)21(19(13-27)33-25)31-14-16-9-5-4-6-10-16/h4-12,19-22,25,27H,3,13-14H2,1-2H3/t19-,20-,21-,22-,25-/m1/s1. The van der Waals surface area contributed by atoms with E-state index in [2.05, 4.69) is 0 Å². The van der Waals surface area contributed by atoms with E-state index in [4.69, 9.17) is 14.2 Å². The van der Waals surface area contributed by atoms with E-state index in [-0.39, 0.29) is 13.2 Å². The zero-order valence-electron chi connectivity index (χ0n) is 19.0.